The fourth-order valence-corrected chi connectivity index (χ4v) is 5.65. The van der Waals surface area contributed by atoms with Gasteiger partial charge in [-0.2, -0.15) is 0 Å². The van der Waals surface area contributed by atoms with Crippen LogP contribution in [0.5, 0.6) is 11.5 Å². The number of ketones is 1. The zero-order valence-corrected chi connectivity index (χ0v) is 21.8. The molecule has 2 heterocycles. The lowest BCUT2D eigenvalue weighted by atomic mass is 9.95. The van der Waals surface area contributed by atoms with Gasteiger partial charge in [0.1, 0.15) is 17.3 Å². The van der Waals surface area contributed by atoms with Gasteiger partial charge in [-0.25, -0.2) is 4.98 Å². The minimum absolute atomic E-state index is 0.00848. The van der Waals surface area contributed by atoms with E-state index in [0.717, 1.165) is 21.3 Å². The minimum Gasteiger partial charge on any atom is -0.507 e. The number of nitrogens with zero attached hydrogens (tertiary/aromatic N) is 2. The molecule has 0 unspecified atom stereocenters. The summed E-state index contributed by atoms with van der Waals surface area (Å²) in [6.45, 7) is 6.25. The zero-order chi connectivity index (χ0) is 26.3. The molecule has 1 amide bonds. The smallest absolute Gasteiger partial charge is 0.301 e. The average Bonchev–Trinajstić information content (AvgIpc) is 3.42. The maximum Gasteiger partial charge on any atom is 0.301 e. The summed E-state index contributed by atoms with van der Waals surface area (Å²) in [6, 6.07) is 17.3. The highest BCUT2D eigenvalue weighted by Crippen LogP contribution is 2.44. The number of aryl methyl sites for hydroxylation is 2. The number of aliphatic hydroxyl groups excluding tert-OH is 1. The molecular weight excluding hydrogens is 488 g/mol. The fraction of sp³-hybridized carbons (Fsp3) is 0.207. The van der Waals surface area contributed by atoms with Crippen LogP contribution in [0.1, 0.15) is 35.2 Å². The van der Waals surface area contributed by atoms with Gasteiger partial charge in [0.2, 0.25) is 0 Å². The maximum absolute atomic E-state index is 13.5. The van der Waals surface area contributed by atoms with Gasteiger partial charge in [0.15, 0.2) is 5.13 Å². The van der Waals surface area contributed by atoms with E-state index in [0.29, 0.717) is 34.4 Å². The second kappa shape index (κ2) is 9.71. The minimum atomic E-state index is -0.861. The van der Waals surface area contributed by atoms with E-state index in [1.165, 1.54) is 16.2 Å². The summed E-state index contributed by atoms with van der Waals surface area (Å²) in [5.74, 6) is -0.418. The first-order valence-corrected chi connectivity index (χ1v) is 12.7. The number of rotatable bonds is 6. The summed E-state index contributed by atoms with van der Waals surface area (Å²) in [5, 5.41) is 11.8. The van der Waals surface area contributed by atoms with Gasteiger partial charge in [0.05, 0.1) is 35.5 Å². The number of hydrogen-bond donors (Lipinski definition) is 1. The van der Waals surface area contributed by atoms with E-state index < -0.39 is 17.7 Å². The van der Waals surface area contributed by atoms with Crippen LogP contribution in [0.4, 0.5) is 5.13 Å². The Balaban J connectivity index is 1.70. The number of methoxy groups -OCH3 is 1. The van der Waals surface area contributed by atoms with Gasteiger partial charge in [-0.15, -0.1) is 0 Å². The first kappa shape index (κ1) is 24.5. The molecule has 1 N–H and O–H groups in total. The molecule has 1 saturated heterocycles. The molecule has 188 valence electrons. The van der Waals surface area contributed by atoms with Crippen molar-refractivity contribution in [1.82, 2.24) is 4.98 Å². The van der Waals surface area contributed by atoms with Crippen LogP contribution in [0.25, 0.3) is 16.0 Å². The maximum atomic E-state index is 13.5. The van der Waals surface area contributed by atoms with Crippen LogP contribution in [0, 0.1) is 13.8 Å². The first-order chi connectivity index (χ1) is 17.8. The molecule has 0 bridgehead atoms. The summed E-state index contributed by atoms with van der Waals surface area (Å²) in [5.41, 5.74) is 3.69. The number of thiazole rings is 1. The number of fused-ring (bicyclic) bond motifs is 1. The molecule has 1 fully saturated rings. The van der Waals surface area contributed by atoms with Crippen LogP contribution in [0.2, 0.25) is 0 Å². The van der Waals surface area contributed by atoms with Crippen molar-refractivity contribution in [3.63, 3.8) is 0 Å². The van der Waals surface area contributed by atoms with E-state index in [1.807, 2.05) is 39.0 Å². The zero-order valence-electron chi connectivity index (χ0n) is 20.9. The summed E-state index contributed by atoms with van der Waals surface area (Å²) < 4.78 is 11.8. The Bertz CT molecular complexity index is 1550. The van der Waals surface area contributed by atoms with E-state index >= 15 is 0 Å². The molecular formula is C29H26N2O5S. The van der Waals surface area contributed by atoms with Gasteiger partial charge in [-0.05, 0) is 79.9 Å². The van der Waals surface area contributed by atoms with Crippen molar-refractivity contribution in [3.05, 3.63) is 88.5 Å². The van der Waals surface area contributed by atoms with E-state index in [4.69, 9.17) is 9.47 Å². The number of aromatic nitrogens is 1. The molecule has 1 aliphatic heterocycles. The van der Waals surface area contributed by atoms with Crippen LogP contribution in [0.3, 0.4) is 0 Å². The van der Waals surface area contributed by atoms with Gasteiger partial charge >= 0.3 is 5.91 Å². The number of ether oxygens (including phenoxy) is 2. The van der Waals surface area contributed by atoms with Crippen molar-refractivity contribution in [3.8, 4) is 11.5 Å². The quantitative estimate of drug-likeness (QED) is 0.194. The van der Waals surface area contributed by atoms with Gasteiger partial charge < -0.3 is 14.6 Å². The molecule has 0 spiro atoms. The van der Waals surface area contributed by atoms with Crippen molar-refractivity contribution in [1.29, 1.82) is 0 Å². The number of benzene rings is 3. The molecule has 1 aromatic heterocycles. The number of anilines is 1. The molecule has 0 radical (unpaired) electrons. The SMILES string of the molecule is CCOc1ccc([C@H]2C(=C(O)c3ccc(OC)c(C)c3)C(=O)C(=O)N2c2nc3ccc(C)cc3s2)cc1. The van der Waals surface area contributed by atoms with Gasteiger partial charge in [0.25, 0.3) is 5.78 Å². The molecule has 7 nitrogen and oxygen atoms in total. The summed E-state index contributed by atoms with van der Waals surface area (Å²) >= 11 is 1.34. The van der Waals surface area contributed by atoms with Crippen molar-refractivity contribution in [2.75, 3.05) is 18.6 Å². The van der Waals surface area contributed by atoms with Gasteiger partial charge in [-0.3, -0.25) is 14.5 Å². The number of Topliss-reactive ketones (excluding diaryl/α,β-unsaturated/α-hetero) is 1. The lowest BCUT2D eigenvalue weighted by molar-refractivity contribution is -0.132. The lowest BCUT2D eigenvalue weighted by Crippen LogP contribution is -2.29. The highest BCUT2D eigenvalue weighted by Gasteiger charge is 2.48. The number of carbonyl (C=O) groups is 2. The predicted molar refractivity (Wildman–Crippen MR) is 144 cm³/mol. The molecule has 8 heteroatoms. The van der Waals surface area contributed by atoms with Gasteiger partial charge in [-0.1, -0.05) is 29.5 Å². The Labute approximate surface area is 218 Å². The highest BCUT2D eigenvalue weighted by atomic mass is 32.1. The Hall–Kier alpha value is -4.17. The van der Waals surface area contributed by atoms with E-state index in [2.05, 4.69) is 4.98 Å². The van der Waals surface area contributed by atoms with Crippen molar-refractivity contribution >= 4 is 44.1 Å². The van der Waals surface area contributed by atoms with Crippen LogP contribution >= 0.6 is 11.3 Å². The predicted octanol–water partition coefficient (Wildman–Crippen LogP) is 5.95. The Morgan fingerprint density at radius 1 is 1.05 bits per heavy atom. The van der Waals surface area contributed by atoms with E-state index in [9.17, 15) is 14.7 Å². The highest BCUT2D eigenvalue weighted by molar-refractivity contribution is 7.22. The van der Waals surface area contributed by atoms with E-state index in [-0.39, 0.29) is 11.3 Å². The fourth-order valence-electron chi connectivity index (χ4n) is 4.56. The Morgan fingerprint density at radius 3 is 2.49 bits per heavy atom. The molecule has 4 aromatic rings. The van der Waals surface area contributed by atoms with Crippen LogP contribution in [0.15, 0.2) is 66.2 Å². The molecule has 37 heavy (non-hydrogen) atoms. The third-order valence-corrected chi connectivity index (χ3v) is 7.38. The number of aliphatic hydroxyl groups is 1. The van der Waals surface area contributed by atoms with Crippen LogP contribution in [-0.4, -0.2) is 35.5 Å². The van der Waals surface area contributed by atoms with Crippen molar-refractivity contribution in [2.45, 2.75) is 26.8 Å². The first-order valence-electron chi connectivity index (χ1n) is 11.9. The second-order valence-electron chi connectivity index (χ2n) is 8.82. The molecule has 0 aliphatic carbocycles. The monoisotopic (exact) mass is 514 g/mol. The number of hydrogen-bond acceptors (Lipinski definition) is 7. The largest absolute Gasteiger partial charge is 0.507 e. The second-order valence-corrected chi connectivity index (χ2v) is 9.83. The third kappa shape index (κ3) is 4.34. The van der Waals surface area contributed by atoms with Crippen molar-refractivity contribution in [2.24, 2.45) is 0 Å². The molecule has 1 atom stereocenters. The molecule has 0 saturated carbocycles. The standard InChI is InChI=1S/C29H26N2O5S/c1-5-36-20-10-7-18(8-11-20)25-24(26(32)19-9-13-22(35-4)17(3)15-19)27(33)28(34)31(25)29-30-21-12-6-16(2)14-23(21)37-29/h6-15,25,32H,5H2,1-4H3/t25-/m0/s1. The topological polar surface area (TPSA) is 89.0 Å². The third-order valence-electron chi connectivity index (χ3n) is 6.36. The number of carbonyl (C=O) groups excluding carboxylic acids is 2. The van der Waals surface area contributed by atoms with Crippen molar-refractivity contribution < 1.29 is 24.2 Å². The average molecular weight is 515 g/mol. The molecule has 5 rings (SSSR count). The van der Waals surface area contributed by atoms with E-state index in [1.54, 1.807) is 49.6 Å². The summed E-state index contributed by atoms with van der Waals surface area (Å²) in [4.78, 5) is 33.0. The summed E-state index contributed by atoms with van der Waals surface area (Å²) in [7, 11) is 1.57. The Kier molecular flexibility index (Phi) is 6.43. The van der Waals surface area contributed by atoms with Crippen LogP contribution < -0.4 is 14.4 Å². The Morgan fingerprint density at radius 2 is 1.81 bits per heavy atom. The van der Waals surface area contributed by atoms with Crippen LogP contribution in [-0.2, 0) is 9.59 Å². The molecule has 3 aromatic carbocycles. The summed E-state index contributed by atoms with van der Waals surface area (Å²) in [6.07, 6.45) is 0. The normalized spacial score (nSPS) is 17.0. The number of amides is 1. The molecule has 1 aliphatic rings. The van der Waals surface area contributed by atoms with Gasteiger partial charge in [0, 0.05) is 5.56 Å². The lowest BCUT2D eigenvalue weighted by Gasteiger charge is -2.23.